The molecule has 0 aromatic carbocycles. The van der Waals surface area contributed by atoms with Gasteiger partial charge in [-0.2, -0.15) is 0 Å². The third-order valence-corrected chi connectivity index (χ3v) is 2.26. The highest BCUT2D eigenvalue weighted by molar-refractivity contribution is 5.73. The van der Waals surface area contributed by atoms with Gasteiger partial charge in [-0.3, -0.25) is 4.79 Å². The maximum absolute atomic E-state index is 10.9. The lowest BCUT2D eigenvalue weighted by Crippen LogP contribution is -2.29. The summed E-state index contributed by atoms with van der Waals surface area (Å²) in [5.74, 6) is 0.146. The molecule has 0 amide bonds. The smallest absolute Gasteiger partial charge is 0.310 e. The molecule has 0 aliphatic rings. The lowest BCUT2D eigenvalue weighted by Gasteiger charge is -2.20. The van der Waals surface area contributed by atoms with Crippen molar-refractivity contribution >= 4 is 5.97 Å². The van der Waals surface area contributed by atoms with Crippen LogP contribution in [0.3, 0.4) is 0 Å². The number of aliphatic carboxylic acids is 1. The van der Waals surface area contributed by atoms with E-state index in [1.54, 1.807) is 20.0 Å². The summed E-state index contributed by atoms with van der Waals surface area (Å²) in [7, 11) is 0. The zero-order valence-corrected chi connectivity index (χ0v) is 8.82. The number of carbonyl (C=O) groups is 1. The highest BCUT2D eigenvalue weighted by Gasteiger charge is 2.28. The van der Waals surface area contributed by atoms with Crippen LogP contribution in [0.2, 0.25) is 0 Å². The monoisotopic (exact) mass is 196 g/mol. The van der Waals surface area contributed by atoms with Crippen LogP contribution < -0.4 is 0 Å². The van der Waals surface area contributed by atoms with Crippen LogP contribution in [0.5, 0.6) is 0 Å². The summed E-state index contributed by atoms with van der Waals surface area (Å²) in [6.45, 7) is 5.90. The summed E-state index contributed by atoms with van der Waals surface area (Å²) in [6.07, 6.45) is 4.35. The molecule has 0 unspecified atom stereocenters. The van der Waals surface area contributed by atoms with Gasteiger partial charge < -0.3 is 9.67 Å². The zero-order valence-electron chi connectivity index (χ0n) is 8.82. The lowest BCUT2D eigenvalue weighted by atomic mass is 9.94. The Morgan fingerprint density at radius 3 is 2.79 bits per heavy atom. The van der Waals surface area contributed by atoms with Crippen molar-refractivity contribution in [2.24, 2.45) is 5.41 Å². The molecule has 1 rings (SSSR count). The minimum atomic E-state index is -0.784. The molecule has 0 saturated carbocycles. The van der Waals surface area contributed by atoms with Crippen molar-refractivity contribution in [3.05, 3.63) is 18.2 Å². The highest BCUT2D eigenvalue weighted by atomic mass is 16.4. The molecule has 1 heterocycles. The fourth-order valence-corrected chi connectivity index (χ4v) is 1.29. The van der Waals surface area contributed by atoms with Gasteiger partial charge in [0.1, 0.15) is 5.82 Å². The number of hydrogen-bond acceptors (Lipinski definition) is 2. The van der Waals surface area contributed by atoms with Crippen molar-refractivity contribution in [3.63, 3.8) is 0 Å². The van der Waals surface area contributed by atoms with E-state index in [1.165, 1.54) is 0 Å². The first-order valence-corrected chi connectivity index (χ1v) is 4.71. The minimum absolute atomic E-state index is 0.464. The number of carboxylic acids is 1. The second-order valence-corrected chi connectivity index (χ2v) is 4.01. The van der Waals surface area contributed by atoms with Gasteiger partial charge in [0.25, 0.3) is 0 Å². The van der Waals surface area contributed by atoms with Gasteiger partial charge in [-0.25, -0.2) is 4.98 Å². The molecular formula is C10H16N2O2. The van der Waals surface area contributed by atoms with E-state index in [0.29, 0.717) is 6.54 Å². The van der Waals surface area contributed by atoms with E-state index in [2.05, 4.69) is 4.98 Å². The maximum Gasteiger partial charge on any atom is 0.310 e. The van der Waals surface area contributed by atoms with Crippen molar-refractivity contribution in [2.75, 3.05) is 0 Å². The average Bonchev–Trinajstić information content (AvgIpc) is 2.50. The molecule has 0 atom stereocenters. The van der Waals surface area contributed by atoms with Crippen molar-refractivity contribution in [2.45, 2.75) is 33.7 Å². The third kappa shape index (κ3) is 2.13. The summed E-state index contributed by atoms with van der Waals surface area (Å²) in [5, 5.41) is 8.97. The second kappa shape index (κ2) is 3.82. The van der Waals surface area contributed by atoms with E-state index in [1.807, 2.05) is 17.7 Å². The Labute approximate surface area is 83.6 Å². The van der Waals surface area contributed by atoms with E-state index in [9.17, 15) is 4.79 Å². The molecule has 1 aromatic rings. The quantitative estimate of drug-likeness (QED) is 0.795. The van der Waals surface area contributed by atoms with Crippen LogP contribution >= 0.6 is 0 Å². The van der Waals surface area contributed by atoms with Crippen LogP contribution in [0.4, 0.5) is 0 Å². The van der Waals surface area contributed by atoms with Gasteiger partial charge in [0.15, 0.2) is 0 Å². The Hall–Kier alpha value is -1.32. The Morgan fingerprint density at radius 1 is 1.64 bits per heavy atom. The first kappa shape index (κ1) is 10.8. The summed E-state index contributed by atoms with van der Waals surface area (Å²) in [5.41, 5.74) is -0.745. The summed E-state index contributed by atoms with van der Waals surface area (Å²) >= 11 is 0. The number of imidazole rings is 1. The van der Waals surface area contributed by atoms with Crippen molar-refractivity contribution < 1.29 is 9.90 Å². The second-order valence-electron chi connectivity index (χ2n) is 4.01. The van der Waals surface area contributed by atoms with Gasteiger partial charge in [0.05, 0.1) is 5.41 Å². The van der Waals surface area contributed by atoms with Crippen LogP contribution in [-0.4, -0.2) is 20.6 Å². The standard InChI is InChI=1S/C10H16N2O2/c1-4-8-11-5-6-12(8)7-10(2,3)9(13)14/h5-6H,4,7H2,1-3H3,(H,13,14). The number of hydrogen-bond donors (Lipinski definition) is 1. The number of rotatable bonds is 4. The molecule has 4 heteroatoms. The Bertz CT molecular complexity index is 329. The molecule has 0 radical (unpaired) electrons. The van der Waals surface area contributed by atoms with E-state index >= 15 is 0 Å². The number of nitrogens with zero attached hydrogens (tertiary/aromatic N) is 2. The van der Waals surface area contributed by atoms with Crippen molar-refractivity contribution in [3.8, 4) is 0 Å². The molecule has 0 saturated heterocycles. The highest BCUT2D eigenvalue weighted by Crippen LogP contribution is 2.19. The molecule has 1 N–H and O–H groups in total. The van der Waals surface area contributed by atoms with Crippen LogP contribution in [0.1, 0.15) is 26.6 Å². The Balaban J connectivity index is 2.83. The number of aromatic nitrogens is 2. The fraction of sp³-hybridized carbons (Fsp3) is 0.600. The molecular weight excluding hydrogens is 180 g/mol. The summed E-state index contributed by atoms with van der Waals surface area (Å²) in [4.78, 5) is 15.1. The Kier molecular flexibility index (Phi) is 2.93. The van der Waals surface area contributed by atoms with Gasteiger partial charge in [-0.15, -0.1) is 0 Å². The van der Waals surface area contributed by atoms with Crippen LogP contribution in [0, 0.1) is 5.41 Å². The van der Waals surface area contributed by atoms with E-state index in [4.69, 9.17) is 5.11 Å². The fourth-order valence-electron chi connectivity index (χ4n) is 1.29. The molecule has 1 aromatic heterocycles. The molecule has 14 heavy (non-hydrogen) atoms. The lowest BCUT2D eigenvalue weighted by molar-refractivity contribution is -0.147. The number of aryl methyl sites for hydroxylation is 1. The van der Waals surface area contributed by atoms with E-state index < -0.39 is 11.4 Å². The predicted molar refractivity (Wildman–Crippen MR) is 53.0 cm³/mol. The minimum Gasteiger partial charge on any atom is -0.481 e. The first-order chi connectivity index (χ1) is 6.47. The van der Waals surface area contributed by atoms with E-state index in [-0.39, 0.29) is 0 Å². The van der Waals surface area contributed by atoms with Gasteiger partial charge in [0, 0.05) is 25.4 Å². The topological polar surface area (TPSA) is 55.1 Å². The number of carboxylic acid groups (broad SMARTS) is 1. The Morgan fingerprint density at radius 2 is 2.29 bits per heavy atom. The first-order valence-electron chi connectivity index (χ1n) is 4.71. The van der Waals surface area contributed by atoms with Crippen molar-refractivity contribution in [1.82, 2.24) is 9.55 Å². The largest absolute Gasteiger partial charge is 0.481 e. The molecule has 4 nitrogen and oxygen atoms in total. The van der Waals surface area contributed by atoms with Gasteiger partial charge in [0.2, 0.25) is 0 Å². The SMILES string of the molecule is CCc1nccn1CC(C)(C)C(=O)O. The normalized spacial score (nSPS) is 11.6. The summed E-state index contributed by atoms with van der Waals surface area (Å²) < 4.78 is 1.90. The zero-order chi connectivity index (χ0) is 10.8. The van der Waals surface area contributed by atoms with Gasteiger partial charge in [-0.1, -0.05) is 6.92 Å². The molecule has 0 aliphatic heterocycles. The molecule has 78 valence electrons. The average molecular weight is 196 g/mol. The predicted octanol–water partition coefficient (Wildman–Crippen LogP) is 1.56. The molecule has 0 aliphatic carbocycles. The van der Waals surface area contributed by atoms with Gasteiger partial charge >= 0.3 is 5.97 Å². The summed E-state index contributed by atoms with van der Waals surface area (Å²) in [6, 6.07) is 0. The third-order valence-electron chi connectivity index (χ3n) is 2.26. The molecule has 0 fully saturated rings. The van der Waals surface area contributed by atoms with Crippen LogP contribution in [0.25, 0.3) is 0 Å². The van der Waals surface area contributed by atoms with E-state index in [0.717, 1.165) is 12.2 Å². The van der Waals surface area contributed by atoms with Crippen LogP contribution in [0.15, 0.2) is 12.4 Å². The maximum atomic E-state index is 10.9. The van der Waals surface area contributed by atoms with Gasteiger partial charge in [-0.05, 0) is 13.8 Å². The van der Waals surface area contributed by atoms with Crippen LogP contribution in [-0.2, 0) is 17.8 Å². The van der Waals surface area contributed by atoms with Crippen molar-refractivity contribution in [1.29, 1.82) is 0 Å². The molecule has 0 bridgehead atoms. The molecule has 0 spiro atoms.